The van der Waals surface area contributed by atoms with E-state index in [1.165, 1.54) is 23.6 Å². The molecule has 72 valence electrons. The smallest absolute Gasteiger partial charge is 0.358 e. The van der Waals surface area contributed by atoms with Crippen molar-refractivity contribution in [3.8, 4) is 10.6 Å². The van der Waals surface area contributed by atoms with Crippen LogP contribution in [0.25, 0.3) is 10.6 Å². The van der Waals surface area contributed by atoms with E-state index in [2.05, 4.69) is 10.1 Å². The molecule has 1 N–H and O–H groups in total. The third-order valence-corrected chi connectivity index (χ3v) is 2.58. The third kappa shape index (κ3) is 1.61. The Morgan fingerprint density at radius 1 is 1.64 bits per heavy atom. The number of rotatable bonds is 2. The second-order valence-corrected chi connectivity index (χ2v) is 3.97. The number of hydrogen-bond donors (Lipinski definition) is 1. The van der Waals surface area contributed by atoms with Crippen LogP contribution in [0.3, 0.4) is 0 Å². The molecule has 14 heavy (non-hydrogen) atoms. The van der Waals surface area contributed by atoms with Crippen molar-refractivity contribution in [2.24, 2.45) is 0 Å². The van der Waals surface area contributed by atoms with Crippen molar-refractivity contribution < 1.29 is 14.4 Å². The molecule has 0 unspecified atom stereocenters. The maximum absolute atomic E-state index is 10.5. The van der Waals surface area contributed by atoms with Gasteiger partial charge in [0, 0.05) is 6.07 Å². The van der Waals surface area contributed by atoms with Gasteiger partial charge in [-0.25, -0.2) is 9.78 Å². The molecule has 0 amide bonds. The molecule has 0 aliphatic heterocycles. The Kier molecular flexibility index (Phi) is 2.22. The molecular weight excluding hydrogens is 228 g/mol. The molecule has 0 aromatic carbocycles. The van der Waals surface area contributed by atoms with Crippen LogP contribution in [0.1, 0.15) is 10.5 Å². The molecule has 0 saturated heterocycles. The first-order chi connectivity index (χ1) is 6.66. The minimum atomic E-state index is -1.13. The maximum atomic E-state index is 10.5. The summed E-state index contributed by atoms with van der Waals surface area (Å²) in [6, 6.07) is 1.33. The number of halogens is 1. The highest BCUT2D eigenvalue weighted by atomic mass is 35.5. The molecule has 2 rings (SSSR count). The molecule has 0 aliphatic carbocycles. The van der Waals surface area contributed by atoms with Crippen molar-refractivity contribution in [3.05, 3.63) is 22.4 Å². The average molecular weight is 231 g/mol. The van der Waals surface area contributed by atoms with Crippen LogP contribution in [0.15, 0.2) is 16.8 Å². The maximum Gasteiger partial charge on any atom is 0.358 e. The Labute approximate surface area is 86.9 Å². The Morgan fingerprint density at radius 3 is 2.93 bits per heavy atom. The van der Waals surface area contributed by atoms with E-state index < -0.39 is 5.97 Å². The van der Waals surface area contributed by atoms with E-state index in [9.17, 15) is 4.79 Å². The van der Waals surface area contributed by atoms with Crippen molar-refractivity contribution in [2.45, 2.75) is 0 Å². The van der Waals surface area contributed by atoms with Crippen LogP contribution < -0.4 is 0 Å². The first kappa shape index (κ1) is 9.17. The summed E-state index contributed by atoms with van der Waals surface area (Å²) in [6.45, 7) is 0. The van der Waals surface area contributed by atoms with Gasteiger partial charge in [0.05, 0.1) is 11.1 Å². The number of hydrogen-bond acceptors (Lipinski definition) is 5. The molecule has 2 heterocycles. The number of thiazole rings is 1. The second kappa shape index (κ2) is 3.39. The van der Waals surface area contributed by atoms with Crippen LogP contribution in [0, 0.1) is 0 Å². The van der Waals surface area contributed by atoms with Crippen molar-refractivity contribution in [1.29, 1.82) is 0 Å². The summed E-state index contributed by atoms with van der Waals surface area (Å²) >= 11 is 6.80. The molecule has 7 heteroatoms. The zero-order valence-electron chi connectivity index (χ0n) is 6.60. The Balaban J connectivity index is 2.38. The van der Waals surface area contributed by atoms with Crippen LogP contribution >= 0.6 is 22.9 Å². The number of aromatic nitrogens is 2. The van der Waals surface area contributed by atoms with Gasteiger partial charge in [0.25, 0.3) is 0 Å². The predicted molar refractivity (Wildman–Crippen MR) is 49.6 cm³/mol. The lowest BCUT2D eigenvalue weighted by Gasteiger charge is -1.81. The Morgan fingerprint density at radius 2 is 2.43 bits per heavy atom. The second-order valence-electron chi connectivity index (χ2n) is 2.36. The standard InChI is InChI=1S/C7H3ClN2O3S/c8-7-9-2-5(14-7)4-1-3(6(11)12)10-13-4/h1-2H,(H,11,12). The summed E-state index contributed by atoms with van der Waals surface area (Å²) in [7, 11) is 0. The zero-order valence-corrected chi connectivity index (χ0v) is 8.17. The first-order valence-electron chi connectivity index (χ1n) is 3.48. The van der Waals surface area contributed by atoms with Crippen LogP contribution in [0.2, 0.25) is 4.47 Å². The van der Waals surface area contributed by atoms with Gasteiger partial charge in [-0.15, -0.1) is 0 Å². The summed E-state index contributed by atoms with van der Waals surface area (Å²) in [6.07, 6.45) is 1.50. The third-order valence-electron chi connectivity index (χ3n) is 1.45. The van der Waals surface area contributed by atoms with Gasteiger partial charge < -0.3 is 9.63 Å². The summed E-state index contributed by atoms with van der Waals surface area (Å²) in [5.41, 5.74) is -0.135. The molecule has 0 bridgehead atoms. The lowest BCUT2D eigenvalue weighted by Crippen LogP contribution is -1.94. The molecule has 2 aromatic rings. The average Bonchev–Trinajstić information content (AvgIpc) is 2.70. The normalized spacial score (nSPS) is 10.4. The lowest BCUT2D eigenvalue weighted by molar-refractivity contribution is 0.0686. The van der Waals surface area contributed by atoms with Crippen LogP contribution in [0.5, 0.6) is 0 Å². The highest BCUT2D eigenvalue weighted by molar-refractivity contribution is 7.18. The summed E-state index contributed by atoms with van der Waals surface area (Å²) < 4.78 is 5.18. The van der Waals surface area contributed by atoms with Gasteiger partial charge in [0.1, 0.15) is 0 Å². The molecule has 0 atom stereocenters. The van der Waals surface area contributed by atoms with Crippen molar-refractivity contribution in [1.82, 2.24) is 10.1 Å². The van der Waals surface area contributed by atoms with Crippen LogP contribution in [-0.4, -0.2) is 21.2 Å². The molecular formula is C7H3ClN2O3S. The summed E-state index contributed by atoms with van der Waals surface area (Å²) in [5, 5.41) is 12.0. The van der Waals surface area contributed by atoms with Gasteiger partial charge in [-0.2, -0.15) is 0 Å². The fourth-order valence-corrected chi connectivity index (χ4v) is 1.75. The van der Waals surface area contributed by atoms with Gasteiger partial charge >= 0.3 is 5.97 Å². The van der Waals surface area contributed by atoms with E-state index >= 15 is 0 Å². The van der Waals surface area contributed by atoms with Crippen LogP contribution in [-0.2, 0) is 0 Å². The minimum Gasteiger partial charge on any atom is -0.476 e. The largest absolute Gasteiger partial charge is 0.476 e. The Bertz CT molecular complexity index is 479. The van der Waals surface area contributed by atoms with Gasteiger partial charge in [-0.05, 0) is 0 Å². The number of carboxylic acids is 1. The summed E-state index contributed by atoms with van der Waals surface area (Å²) in [4.78, 5) is 14.9. The molecule has 5 nitrogen and oxygen atoms in total. The lowest BCUT2D eigenvalue weighted by atomic mass is 10.3. The molecule has 0 radical (unpaired) electrons. The van der Waals surface area contributed by atoms with Gasteiger partial charge in [-0.3, -0.25) is 0 Å². The molecule has 0 saturated carbocycles. The Hall–Kier alpha value is -1.40. The summed E-state index contributed by atoms with van der Waals surface area (Å²) in [5.74, 6) is -0.776. The molecule has 0 spiro atoms. The highest BCUT2D eigenvalue weighted by Crippen LogP contribution is 2.28. The zero-order chi connectivity index (χ0) is 10.1. The number of nitrogens with zero attached hydrogens (tertiary/aromatic N) is 2. The topological polar surface area (TPSA) is 76.2 Å². The van der Waals surface area contributed by atoms with Crippen molar-refractivity contribution >= 4 is 28.9 Å². The van der Waals surface area contributed by atoms with E-state index in [-0.39, 0.29) is 5.69 Å². The van der Waals surface area contributed by atoms with Gasteiger partial charge in [0.15, 0.2) is 15.9 Å². The minimum absolute atomic E-state index is 0.135. The monoisotopic (exact) mass is 230 g/mol. The van der Waals surface area contributed by atoms with E-state index in [4.69, 9.17) is 21.2 Å². The first-order valence-corrected chi connectivity index (χ1v) is 4.68. The van der Waals surface area contributed by atoms with E-state index in [0.717, 1.165) is 0 Å². The SMILES string of the molecule is O=C(O)c1cc(-c2cnc(Cl)s2)on1. The molecule has 2 aromatic heterocycles. The van der Waals surface area contributed by atoms with Gasteiger partial charge in [-0.1, -0.05) is 28.1 Å². The van der Waals surface area contributed by atoms with Crippen molar-refractivity contribution in [2.75, 3.05) is 0 Å². The quantitative estimate of drug-likeness (QED) is 0.855. The molecule has 0 aliphatic rings. The fraction of sp³-hybridized carbons (Fsp3) is 0. The number of carboxylic acid groups (broad SMARTS) is 1. The fourth-order valence-electron chi connectivity index (χ4n) is 0.859. The number of aromatic carboxylic acids is 1. The van der Waals surface area contributed by atoms with E-state index in [1.807, 2.05) is 0 Å². The predicted octanol–water partition coefficient (Wildman–Crippen LogP) is 2.15. The van der Waals surface area contributed by atoms with E-state index in [1.54, 1.807) is 0 Å². The molecule has 0 fully saturated rings. The number of carbonyl (C=O) groups is 1. The van der Waals surface area contributed by atoms with Gasteiger partial charge in [0.2, 0.25) is 0 Å². The van der Waals surface area contributed by atoms with Crippen LogP contribution in [0.4, 0.5) is 0 Å². The van der Waals surface area contributed by atoms with Crippen molar-refractivity contribution in [3.63, 3.8) is 0 Å². The highest BCUT2D eigenvalue weighted by Gasteiger charge is 2.13. The van der Waals surface area contributed by atoms with E-state index in [0.29, 0.717) is 15.1 Å².